The van der Waals surface area contributed by atoms with Crippen LogP contribution in [0, 0.1) is 5.82 Å². The van der Waals surface area contributed by atoms with Crippen LogP contribution in [0.15, 0.2) is 23.1 Å². The minimum Gasteiger partial charge on any atom is -0.365 e. The average molecular weight is 337 g/mol. The van der Waals surface area contributed by atoms with Crippen LogP contribution in [0.2, 0.25) is 5.02 Å². The van der Waals surface area contributed by atoms with Crippen LogP contribution in [0.5, 0.6) is 0 Å². The van der Waals surface area contributed by atoms with E-state index in [-0.39, 0.29) is 29.6 Å². The van der Waals surface area contributed by atoms with E-state index in [0.717, 1.165) is 17.0 Å². The normalized spacial score (nSPS) is 17.8. The van der Waals surface area contributed by atoms with Gasteiger partial charge in [0.1, 0.15) is 5.82 Å². The smallest absolute Gasteiger partial charge is 0.272 e. The lowest BCUT2D eigenvalue weighted by molar-refractivity contribution is -0.895. The SMILES string of the molecule is NC(=O)C[NH+]1CCN(S(=O)(=O)c2ccc(F)c(Cl)c2)CC1. The van der Waals surface area contributed by atoms with Crippen LogP contribution in [-0.2, 0) is 14.8 Å². The van der Waals surface area contributed by atoms with Crippen molar-refractivity contribution in [3.63, 3.8) is 0 Å². The molecule has 0 atom stereocenters. The molecule has 0 bridgehead atoms. The van der Waals surface area contributed by atoms with Gasteiger partial charge in [-0.3, -0.25) is 4.79 Å². The van der Waals surface area contributed by atoms with Crippen LogP contribution in [0.1, 0.15) is 0 Å². The third-order valence-corrected chi connectivity index (χ3v) is 5.57. The number of nitrogens with one attached hydrogen (secondary N) is 1. The summed E-state index contributed by atoms with van der Waals surface area (Å²) < 4.78 is 39.3. The topological polar surface area (TPSA) is 84.9 Å². The van der Waals surface area contributed by atoms with E-state index in [2.05, 4.69) is 0 Å². The maximum Gasteiger partial charge on any atom is 0.272 e. The number of halogens is 2. The number of hydrogen-bond donors (Lipinski definition) is 2. The van der Waals surface area contributed by atoms with Crippen molar-refractivity contribution in [1.29, 1.82) is 0 Å². The predicted octanol–water partition coefficient (Wildman–Crippen LogP) is -1.15. The monoisotopic (exact) mass is 336 g/mol. The first kappa shape index (κ1) is 16.2. The number of nitrogens with two attached hydrogens (primary N) is 1. The molecule has 1 aromatic rings. The number of quaternary nitrogens is 1. The Morgan fingerprint density at radius 3 is 2.52 bits per heavy atom. The van der Waals surface area contributed by atoms with E-state index in [1.165, 1.54) is 10.4 Å². The fourth-order valence-corrected chi connectivity index (χ4v) is 3.97. The van der Waals surface area contributed by atoms with Gasteiger partial charge in [-0.05, 0) is 18.2 Å². The Balaban J connectivity index is 2.11. The molecule has 1 fully saturated rings. The van der Waals surface area contributed by atoms with Gasteiger partial charge in [0, 0.05) is 0 Å². The summed E-state index contributed by atoms with van der Waals surface area (Å²) in [6, 6.07) is 3.33. The van der Waals surface area contributed by atoms with Crippen molar-refractivity contribution in [2.45, 2.75) is 4.90 Å². The number of carbonyl (C=O) groups is 1. The molecule has 0 unspecified atom stereocenters. The highest BCUT2D eigenvalue weighted by Crippen LogP contribution is 2.22. The second kappa shape index (κ2) is 6.27. The van der Waals surface area contributed by atoms with Crippen molar-refractivity contribution in [1.82, 2.24) is 4.31 Å². The Labute approximate surface area is 127 Å². The number of hydrogen-bond acceptors (Lipinski definition) is 3. The summed E-state index contributed by atoms with van der Waals surface area (Å²) in [5.41, 5.74) is 5.12. The zero-order valence-corrected chi connectivity index (χ0v) is 12.8. The van der Waals surface area contributed by atoms with Gasteiger partial charge < -0.3 is 10.6 Å². The molecule has 1 heterocycles. The molecule has 1 saturated heterocycles. The van der Waals surface area contributed by atoms with Crippen molar-refractivity contribution in [3.05, 3.63) is 29.0 Å². The third kappa shape index (κ3) is 3.70. The maximum absolute atomic E-state index is 13.1. The number of piperazine rings is 1. The van der Waals surface area contributed by atoms with E-state index in [4.69, 9.17) is 17.3 Å². The molecule has 1 aliphatic heterocycles. The quantitative estimate of drug-likeness (QED) is 0.728. The maximum atomic E-state index is 13.1. The first-order valence-electron chi connectivity index (χ1n) is 6.38. The summed E-state index contributed by atoms with van der Waals surface area (Å²) >= 11 is 5.63. The molecule has 1 aliphatic rings. The number of rotatable bonds is 4. The van der Waals surface area contributed by atoms with Crippen LogP contribution in [0.25, 0.3) is 0 Å². The van der Waals surface area contributed by atoms with Crippen LogP contribution >= 0.6 is 11.6 Å². The molecule has 2 rings (SSSR count). The highest BCUT2D eigenvalue weighted by atomic mass is 35.5. The predicted molar refractivity (Wildman–Crippen MR) is 74.9 cm³/mol. The number of carbonyl (C=O) groups excluding carboxylic acids is 1. The summed E-state index contributed by atoms with van der Waals surface area (Å²) in [5, 5.41) is -0.228. The van der Waals surface area contributed by atoms with Gasteiger partial charge in [-0.2, -0.15) is 4.31 Å². The number of nitrogens with zero attached hydrogens (tertiary/aromatic N) is 1. The molecule has 6 nitrogen and oxygen atoms in total. The van der Waals surface area contributed by atoms with Gasteiger partial charge in [-0.15, -0.1) is 0 Å². The Bertz CT molecular complexity index is 645. The lowest BCUT2D eigenvalue weighted by Crippen LogP contribution is -3.15. The second-order valence-corrected chi connectivity index (χ2v) is 7.22. The van der Waals surface area contributed by atoms with Crippen molar-refractivity contribution in [2.24, 2.45) is 5.73 Å². The molecule has 116 valence electrons. The zero-order chi connectivity index (χ0) is 15.6. The van der Waals surface area contributed by atoms with Gasteiger partial charge in [-0.25, -0.2) is 12.8 Å². The molecular formula is C12H16ClFN3O3S+. The Morgan fingerprint density at radius 2 is 2.00 bits per heavy atom. The van der Waals surface area contributed by atoms with Crippen LogP contribution < -0.4 is 10.6 Å². The molecule has 0 spiro atoms. The molecule has 0 radical (unpaired) electrons. The van der Waals surface area contributed by atoms with E-state index in [1.54, 1.807) is 0 Å². The molecule has 1 aromatic carbocycles. The molecule has 0 aromatic heterocycles. The molecule has 9 heteroatoms. The highest BCUT2D eigenvalue weighted by Gasteiger charge is 2.31. The minimum absolute atomic E-state index is 0.0350. The molecule has 0 aliphatic carbocycles. The molecule has 1 amide bonds. The number of primary amides is 1. The highest BCUT2D eigenvalue weighted by molar-refractivity contribution is 7.89. The fourth-order valence-electron chi connectivity index (χ4n) is 2.25. The van der Waals surface area contributed by atoms with Crippen LogP contribution in [0.4, 0.5) is 4.39 Å². The van der Waals surface area contributed by atoms with Crippen molar-refractivity contribution in [3.8, 4) is 0 Å². The fraction of sp³-hybridized carbons (Fsp3) is 0.417. The summed E-state index contributed by atoms with van der Waals surface area (Å²) in [5.74, 6) is -1.07. The largest absolute Gasteiger partial charge is 0.365 e. The van der Waals surface area contributed by atoms with E-state index in [1.807, 2.05) is 0 Å². The first-order chi connectivity index (χ1) is 9.80. The van der Waals surface area contributed by atoms with Gasteiger partial charge in [-0.1, -0.05) is 11.6 Å². The Morgan fingerprint density at radius 1 is 1.38 bits per heavy atom. The van der Waals surface area contributed by atoms with Gasteiger partial charge in [0.05, 0.1) is 36.1 Å². The second-order valence-electron chi connectivity index (χ2n) is 4.87. The third-order valence-electron chi connectivity index (χ3n) is 3.38. The summed E-state index contributed by atoms with van der Waals surface area (Å²) in [7, 11) is -3.70. The van der Waals surface area contributed by atoms with Crippen molar-refractivity contribution >= 4 is 27.5 Å². The zero-order valence-electron chi connectivity index (χ0n) is 11.2. The average Bonchev–Trinajstić information content (AvgIpc) is 2.41. The van der Waals surface area contributed by atoms with E-state index >= 15 is 0 Å². The van der Waals surface area contributed by atoms with Gasteiger partial charge in [0.25, 0.3) is 5.91 Å². The first-order valence-corrected chi connectivity index (χ1v) is 8.19. The van der Waals surface area contributed by atoms with Crippen LogP contribution in [0.3, 0.4) is 0 Å². The summed E-state index contributed by atoms with van der Waals surface area (Å²) in [4.78, 5) is 11.8. The van der Waals surface area contributed by atoms with Crippen LogP contribution in [-0.4, -0.2) is 51.4 Å². The molecule has 21 heavy (non-hydrogen) atoms. The lowest BCUT2D eigenvalue weighted by atomic mass is 10.3. The Kier molecular flexibility index (Phi) is 4.82. The standard InChI is InChI=1S/C12H15ClFN3O3S/c13-10-7-9(1-2-11(10)14)21(19,20)17-5-3-16(4-6-17)8-12(15)18/h1-2,7H,3-6,8H2,(H2,15,18)/p+1. The number of amides is 1. The summed E-state index contributed by atoms with van der Waals surface area (Å²) in [6.07, 6.45) is 0. The van der Waals surface area contributed by atoms with E-state index in [9.17, 15) is 17.6 Å². The van der Waals surface area contributed by atoms with Gasteiger partial charge in [0.2, 0.25) is 10.0 Å². The number of sulfonamides is 1. The van der Waals surface area contributed by atoms with E-state index in [0.29, 0.717) is 13.1 Å². The van der Waals surface area contributed by atoms with Gasteiger partial charge >= 0.3 is 0 Å². The van der Waals surface area contributed by atoms with Crippen molar-refractivity contribution < 1.29 is 22.5 Å². The minimum atomic E-state index is -3.70. The van der Waals surface area contributed by atoms with E-state index < -0.39 is 21.7 Å². The lowest BCUT2D eigenvalue weighted by Gasteiger charge is -2.30. The molecule has 3 N–H and O–H groups in total. The molecular weight excluding hydrogens is 321 g/mol. The summed E-state index contributed by atoms with van der Waals surface area (Å²) in [6.45, 7) is 1.74. The van der Waals surface area contributed by atoms with Gasteiger partial charge in [0.15, 0.2) is 6.54 Å². The van der Waals surface area contributed by atoms with Crippen molar-refractivity contribution in [2.75, 3.05) is 32.7 Å². The Hall–Kier alpha value is -1.22. The number of benzene rings is 1. The molecule has 0 saturated carbocycles.